The summed E-state index contributed by atoms with van der Waals surface area (Å²) < 4.78 is 0. The van der Waals surface area contributed by atoms with Crippen LogP contribution in [-0.2, 0) is 11.4 Å². The van der Waals surface area contributed by atoms with Gasteiger partial charge in [-0.1, -0.05) is 6.07 Å². The molecule has 7 nitrogen and oxygen atoms in total. The normalized spacial score (nSPS) is 22.0. The van der Waals surface area contributed by atoms with E-state index in [-0.39, 0.29) is 12.3 Å². The Hall–Kier alpha value is -2.15. The predicted octanol–water partition coefficient (Wildman–Crippen LogP) is 0.789. The van der Waals surface area contributed by atoms with Crippen molar-refractivity contribution in [2.45, 2.75) is 20.0 Å². The number of anilines is 1. The number of hydrogen-bond donors (Lipinski definition) is 2. The number of hydrogen-bond acceptors (Lipinski definition) is 5. The number of nitrogens with two attached hydrogens (primary N) is 1. The van der Waals surface area contributed by atoms with Crippen LogP contribution < -0.4 is 10.6 Å². The van der Waals surface area contributed by atoms with Crippen molar-refractivity contribution in [3.05, 3.63) is 33.9 Å². The summed E-state index contributed by atoms with van der Waals surface area (Å²) in [6.45, 7) is 2.42. The van der Waals surface area contributed by atoms with Crippen molar-refractivity contribution < 1.29 is 14.8 Å². The number of rotatable bonds is 4. The van der Waals surface area contributed by atoms with Gasteiger partial charge < -0.3 is 15.7 Å². The number of nitro groups is 1. The number of carbonyl (C=O) groups is 1. The quantitative estimate of drug-likeness (QED) is 0.625. The Labute approximate surface area is 116 Å². The van der Waals surface area contributed by atoms with Gasteiger partial charge in [0.15, 0.2) is 0 Å². The highest BCUT2D eigenvalue weighted by Gasteiger charge is 2.40. The Balaban J connectivity index is 2.35. The first kappa shape index (κ1) is 14.3. The minimum Gasteiger partial charge on any atom is -0.392 e. The van der Waals surface area contributed by atoms with Gasteiger partial charge in [0.05, 0.1) is 16.9 Å². The van der Waals surface area contributed by atoms with Crippen LogP contribution in [0.25, 0.3) is 0 Å². The first-order valence-corrected chi connectivity index (χ1v) is 6.30. The molecule has 0 spiro atoms. The van der Waals surface area contributed by atoms with Gasteiger partial charge in [0, 0.05) is 19.2 Å². The second-order valence-electron chi connectivity index (χ2n) is 5.33. The van der Waals surface area contributed by atoms with Gasteiger partial charge in [-0.2, -0.15) is 0 Å². The van der Waals surface area contributed by atoms with Gasteiger partial charge in [0.2, 0.25) is 5.91 Å². The smallest absolute Gasteiger partial charge is 0.292 e. The zero-order valence-electron chi connectivity index (χ0n) is 11.2. The Morgan fingerprint density at radius 1 is 1.60 bits per heavy atom. The van der Waals surface area contributed by atoms with Crippen LogP contribution in [0.4, 0.5) is 11.4 Å². The molecule has 1 amide bonds. The molecular weight excluding hydrogens is 262 g/mol. The summed E-state index contributed by atoms with van der Waals surface area (Å²) in [6.07, 6.45) is 0.571. The number of benzene rings is 1. The molecule has 0 saturated carbocycles. The topological polar surface area (TPSA) is 110 Å². The van der Waals surface area contributed by atoms with Crippen molar-refractivity contribution >= 4 is 17.3 Å². The van der Waals surface area contributed by atoms with Crippen LogP contribution in [0.2, 0.25) is 0 Å². The average Bonchev–Trinajstić information content (AvgIpc) is 2.82. The zero-order chi connectivity index (χ0) is 14.9. The largest absolute Gasteiger partial charge is 0.392 e. The lowest BCUT2D eigenvalue weighted by Crippen LogP contribution is -2.37. The number of nitrogens with zero attached hydrogens (tertiary/aromatic N) is 2. The fraction of sp³-hybridized carbons (Fsp3) is 0.462. The molecule has 1 fully saturated rings. The van der Waals surface area contributed by atoms with E-state index in [4.69, 9.17) is 10.8 Å². The van der Waals surface area contributed by atoms with Gasteiger partial charge in [0.25, 0.3) is 5.69 Å². The lowest BCUT2D eigenvalue weighted by atomic mass is 9.89. The number of nitro benzene ring substituents is 1. The highest BCUT2D eigenvalue weighted by atomic mass is 16.6. The molecule has 0 bridgehead atoms. The molecule has 1 heterocycles. The van der Waals surface area contributed by atoms with Gasteiger partial charge in [0.1, 0.15) is 5.69 Å². The maximum absolute atomic E-state index is 11.4. The predicted molar refractivity (Wildman–Crippen MR) is 73.2 cm³/mol. The van der Waals surface area contributed by atoms with Gasteiger partial charge in [-0.25, -0.2) is 0 Å². The second-order valence-corrected chi connectivity index (χ2v) is 5.33. The summed E-state index contributed by atoms with van der Waals surface area (Å²) in [4.78, 5) is 23.9. The Morgan fingerprint density at radius 3 is 2.80 bits per heavy atom. The highest BCUT2D eigenvalue weighted by molar-refractivity contribution is 5.82. The minimum absolute atomic E-state index is 0.0646. The molecule has 1 aromatic rings. The van der Waals surface area contributed by atoms with Crippen LogP contribution in [0.15, 0.2) is 18.2 Å². The Bertz CT molecular complexity index is 561. The number of primary amides is 1. The van der Waals surface area contributed by atoms with Gasteiger partial charge >= 0.3 is 0 Å². The van der Waals surface area contributed by atoms with E-state index in [1.165, 1.54) is 6.07 Å². The van der Waals surface area contributed by atoms with Crippen molar-refractivity contribution in [1.29, 1.82) is 0 Å². The van der Waals surface area contributed by atoms with E-state index in [1.54, 1.807) is 24.0 Å². The Kier molecular flexibility index (Phi) is 3.63. The summed E-state index contributed by atoms with van der Waals surface area (Å²) in [5, 5.41) is 20.2. The van der Waals surface area contributed by atoms with Crippen molar-refractivity contribution in [2.24, 2.45) is 11.1 Å². The molecule has 0 radical (unpaired) electrons. The number of aliphatic hydroxyl groups excluding tert-OH is 1. The number of carbonyl (C=O) groups excluding carboxylic acids is 1. The monoisotopic (exact) mass is 279 g/mol. The standard InChI is InChI=1S/C13H17N3O4/c1-13(12(14)18)4-5-15(8-13)10-3-2-9(7-17)6-11(10)16(19)20/h2-3,6,17H,4-5,7-8H2,1H3,(H2,14,18). The molecule has 1 saturated heterocycles. The summed E-state index contributed by atoms with van der Waals surface area (Å²) in [5.41, 5.74) is 5.59. The minimum atomic E-state index is -0.663. The lowest BCUT2D eigenvalue weighted by molar-refractivity contribution is -0.384. The number of aliphatic hydroxyl groups is 1. The van der Waals surface area contributed by atoms with E-state index in [2.05, 4.69) is 0 Å². The SMILES string of the molecule is CC1(C(N)=O)CCN(c2ccc(CO)cc2[N+](=O)[O-])C1. The first-order valence-electron chi connectivity index (χ1n) is 6.30. The molecule has 108 valence electrons. The second kappa shape index (κ2) is 5.09. The molecular formula is C13H17N3O4. The molecule has 0 aliphatic carbocycles. The van der Waals surface area contributed by atoms with Crippen LogP contribution in [0.5, 0.6) is 0 Å². The molecule has 20 heavy (non-hydrogen) atoms. The van der Waals surface area contributed by atoms with Gasteiger partial charge in [-0.3, -0.25) is 14.9 Å². The van der Waals surface area contributed by atoms with Crippen molar-refractivity contribution in [3.8, 4) is 0 Å². The summed E-state index contributed by atoms with van der Waals surface area (Å²) in [5.74, 6) is -0.394. The van der Waals surface area contributed by atoms with Crippen LogP contribution in [0.1, 0.15) is 18.9 Å². The first-order chi connectivity index (χ1) is 9.37. The Morgan fingerprint density at radius 2 is 2.30 bits per heavy atom. The van der Waals surface area contributed by atoms with Crippen molar-refractivity contribution in [1.82, 2.24) is 0 Å². The average molecular weight is 279 g/mol. The van der Waals surface area contributed by atoms with E-state index in [0.29, 0.717) is 30.8 Å². The van der Waals surface area contributed by atoms with Crippen LogP contribution in [0, 0.1) is 15.5 Å². The molecule has 7 heteroatoms. The van der Waals surface area contributed by atoms with Gasteiger partial charge in [-0.15, -0.1) is 0 Å². The van der Waals surface area contributed by atoms with E-state index in [9.17, 15) is 14.9 Å². The molecule has 1 unspecified atom stereocenters. The molecule has 1 aromatic carbocycles. The van der Waals surface area contributed by atoms with E-state index < -0.39 is 16.2 Å². The lowest BCUT2D eigenvalue weighted by Gasteiger charge is -2.22. The van der Waals surface area contributed by atoms with Crippen molar-refractivity contribution in [3.63, 3.8) is 0 Å². The molecule has 2 rings (SSSR count). The van der Waals surface area contributed by atoms with E-state index in [1.807, 2.05) is 0 Å². The number of amides is 1. The molecule has 1 atom stereocenters. The summed E-state index contributed by atoms with van der Waals surface area (Å²) in [6, 6.07) is 4.61. The van der Waals surface area contributed by atoms with E-state index >= 15 is 0 Å². The fourth-order valence-corrected chi connectivity index (χ4v) is 2.45. The third-order valence-electron chi connectivity index (χ3n) is 3.83. The van der Waals surface area contributed by atoms with Crippen LogP contribution >= 0.6 is 0 Å². The molecule has 1 aliphatic rings. The summed E-state index contributed by atoms with van der Waals surface area (Å²) in [7, 11) is 0. The molecule has 3 N–H and O–H groups in total. The zero-order valence-corrected chi connectivity index (χ0v) is 11.2. The van der Waals surface area contributed by atoms with E-state index in [0.717, 1.165) is 0 Å². The molecule has 1 aliphatic heterocycles. The maximum Gasteiger partial charge on any atom is 0.292 e. The third kappa shape index (κ3) is 2.44. The van der Waals surface area contributed by atoms with Gasteiger partial charge in [-0.05, 0) is 25.0 Å². The van der Waals surface area contributed by atoms with Crippen LogP contribution in [0.3, 0.4) is 0 Å². The van der Waals surface area contributed by atoms with Crippen molar-refractivity contribution in [2.75, 3.05) is 18.0 Å². The summed E-state index contributed by atoms with van der Waals surface area (Å²) >= 11 is 0. The van der Waals surface area contributed by atoms with Crippen LogP contribution in [-0.4, -0.2) is 29.0 Å². The maximum atomic E-state index is 11.4. The highest BCUT2D eigenvalue weighted by Crippen LogP contribution is 2.37. The molecule has 0 aromatic heterocycles. The third-order valence-corrected chi connectivity index (χ3v) is 3.83. The fourth-order valence-electron chi connectivity index (χ4n) is 2.45.